The summed E-state index contributed by atoms with van der Waals surface area (Å²) in [5, 5.41) is 2.89. The number of para-hydroxylation sites is 1. The number of carbonyl (C=O) groups excluding carboxylic acids is 1. The quantitative estimate of drug-likeness (QED) is 0.760. The van der Waals surface area contributed by atoms with Crippen molar-refractivity contribution in [1.82, 2.24) is 4.98 Å². The Bertz CT molecular complexity index is 637. The Balaban J connectivity index is 2.09. The van der Waals surface area contributed by atoms with Crippen LogP contribution in [0.5, 0.6) is 0 Å². The van der Waals surface area contributed by atoms with Gasteiger partial charge in [0.05, 0.1) is 11.3 Å². The topological polar surface area (TPSA) is 45.2 Å². The van der Waals surface area contributed by atoms with Crippen LogP contribution in [-0.2, 0) is 0 Å². The van der Waals surface area contributed by atoms with Gasteiger partial charge in [-0.3, -0.25) is 4.79 Å². The molecule has 0 aliphatic carbocycles. The monoisotopic (exact) mass is 375 g/mol. The number of hydrogen-bond donors (Lipinski definition) is 1. The average molecular weight is 376 g/mol. The first-order valence-corrected chi connectivity index (χ1v) is 8.71. The van der Waals surface area contributed by atoms with E-state index in [0.717, 1.165) is 41.9 Å². The van der Waals surface area contributed by atoms with Gasteiger partial charge in [0.15, 0.2) is 0 Å². The molecule has 2 aromatic rings. The number of nitrogens with zero attached hydrogens (tertiary/aromatic N) is 2. The van der Waals surface area contributed by atoms with Crippen molar-refractivity contribution in [2.45, 2.75) is 26.7 Å². The largest absolute Gasteiger partial charge is 0.357 e. The van der Waals surface area contributed by atoms with Gasteiger partial charge < -0.3 is 10.2 Å². The Morgan fingerprint density at radius 3 is 2.39 bits per heavy atom. The Morgan fingerprint density at radius 1 is 1.13 bits per heavy atom. The Morgan fingerprint density at radius 2 is 1.83 bits per heavy atom. The van der Waals surface area contributed by atoms with E-state index < -0.39 is 0 Å². The molecule has 0 radical (unpaired) electrons. The zero-order chi connectivity index (χ0) is 16.7. The summed E-state index contributed by atoms with van der Waals surface area (Å²) in [5.41, 5.74) is 1.30. The van der Waals surface area contributed by atoms with Gasteiger partial charge in [0.1, 0.15) is 5.82 Å². The molecule has 1 heterocycles. The predicted octanol–water partition coefficient (Wildman–Crippen LogP) is 4.72. The number of pyridine rings is 1. The summed E-state index contributed by atoms with van der Waals surface area (Å²) in [5.74, 6) is 0.764. The van der Waals surface area contributed by atoms with E-state index in [2.05, 4.69) is 45.0 Å². The number of rotatable bonds is 7. The van der Waals surface area contributed by atoms with Crippen molar-refractivity contribution in [2.24, 2.45) is 0 Å². The van der Waals surface area contributed by atoms with E-state index in [-0.39, 0.29) is 5.91 Å². The Hall–Kier alpha value is -1.88. The van der Waals surface area contributed by atoms with Crippen LogP contribution in [-0.4, -0.2) is 24.0 Å². The second kappa shape index (κ2) is 8.67. The van der Waals surface area contributed by atoms with Crippen molar-refractivity contribution in [1.29, 1.82) is 0 Å². The summed E-state index contributed by atoms with van der Waals surface area (Å²) < 4.78 is 0.856. The van der Waals surface area contributed by atoms with Crippen molar-refractivity contribution < 1.29 is 4.79 Å². The van der Waals surface area contributed by atoms with Crippen LogP contribution in [0.25, 0.3) is 0 Å². The Kier molecular flexibility index (Phi) is 6.59. The standard InChI is InChI=1S/C18H22BrN3O/c1-3-11-22(12-4-2)17-10-9-14(13-20-17)18(23)21-16-8-6-5-7-15(16)19/h5-10,13H,3-4,11-12H2,1-2H3,(H,21,23). The van der Waals surface area contributed by atoms with Gasteiger partial charge in [0.25, 0.3) is 5.91 Å². The molecule has 1 aromatic carbocycles. The molecule has 0 atom stereocenters. The third kappa shape index (κ3) is 4.79. The highest BCUT2D eigenvalue weighted by molar-refractivity contribution is 9.10. The van der Waals surface area contributed by atoms with Crippen LogP contribution in [0.15, 0.2) is 47.1 Å². The van der Waals surface area contributed by atoms with Gasteiger partial charge >= 0.3 is 0 Å². The minimum absolute atomic E-state index is 0.159. The number of halogens is 1. The molecule has 23 heavy (non-hydrogen) atoms. The number of hydrogen-bond acceptors (Lipinski definition) is 3. The van der Waals surface area contributed by atoms with Gasteiger partial charge in [-0.1, -0.05) is 26.0 Å². The number of aromatic nitrogens is 1. The van der Waals surface area contributed by atoms with E-state index in [4.69, 9.17) is 0 Å². The summed E-state index contributed by atoms with van der Waals surface area (Å²) in [6, 6.07) is 11.3. The van der Waals surface area contributed by atoms with Gasteiger partial charge in [0, 0.05) is 23.8 Å². The van der Waals surface area contributed by atoms with Gasteiger partial charge in [-0.15, -0.1) is 0 Å². The summed E-state index contributed by atoms with van der Waals surface area (Å²) in [6.07, 6.45) is 3.79. The van der Waals surface area contributed by atoms with Crippen LogP contribution in [0.3, 0.4) is 0 Å². The van der Waals surface area contributed by atoms with E-state index in [1.54, 1.807) is 6.20 Å². The van der Waals surface area contributed by atoms with Gasteiger partial charge in [0.2, 0.25) is 0 Å². The zero-order valence-electron chi connectivity index (χ0n) is 13.6. The molecule has 0 bridgehead atoms. The summed E-state index contributed by atoms with van der Waals surface area (Å²) in [7, 11) is 0. The van der Waals surface area contributed by atoms with E-state index in [1.165, 1.54) is 0 Å². The molecule has 4 nitrogen and oxygen atoms in total. The minimum Gasteiger partial charge on any atom is -0.357 e. The normalized spacial score (nSPS) is 10.4. The molecule has 0 aliphatic heterocycles. The molecular weight excluding hydrogens is 354 g/mol. The second-order valence-corrected chi connectivity index (χ2v) is 6.18. The van der Waals surface area contributed by atoms with E-state index >= 15 is 0 Å². The third-order valence-electron chi connectivity index (χ3n) is 3.44. The summed E-state index contributed by atoms with van der Waals surface area (Å²) in [6.45, 7) is 6.26. The van der Waals surface area contributed by atoms with E-state index in [1.807, 2.05) is 36.4 Å². The molecule has 122 valence electrons. The molecule has 0 unspecified atom stereocenters. The molecule has 1 N–H and O–H groups in total. The van der Waals surface area contributed by atoms with E-state index in [9.17, 15) is 4.79 Å². The molecule has 0 spiro atoms. The van der Waals surface area contributed by atoms with Crippen molar-refractivity contribution in [3.8, 4) is 0 Å². The molecule has 2 rings (SSSR count). The first-order valence-electron chi connectivity index (χ1n) is 7.92. The van der Waals surface area contributed by atoms with Crippen molar-refractivity contribution in [3.05, 3.63) is 52.6 Å². The SMILES string of the molecule is CCCN(CCC)c1ccc(C(=O)Nc2ccccc2Br)cn1. The van der Waals surface area contributed by atoms with Crippen molar-refractivity contribution in [2.75, 3.05) is 23.3 Å². The lowest BCUT2D eigenvalue weighted by Gasteiger charge is -2.22. The smallest absolute Gasteiger partial charge is 0.257 e. The fraction of sp³-hybridized carbons (Fsp3) is 0.333. The lowest BCUT2D eigenvalue weighted by atomic mass is 10.2. The fourth-order valence-electron chi connectivity index (χ4n) is 2.35. The van der Waals surface area contributed by atoms with Gasteiger partial charge in [-0.25, -0.2) is 4.98 Å². The molecular formula is C18H22BrN3O. The molecule has 0 fully saturated rings. The number of carbonyl (C=O) groups is 1. The number of anilines is 2. The molecule has 5 heteroatoms. The van der Waals surface area contributed by atoms with Crippen molar-refractivity contribution in [3.63, 3.8) is 0 Å². The maximum atomic E-state index is 12.3. The lowest BCUT2D eigenvalue weighted by molar-refractivity contribution is 0.102. The van der Waals surface area contributed by atoms with Gasteiger partial charge in [-0.05, 0) is 53.0 Å². The van der Waals surface area contributed by atoms with Crippen LogP contribution in [0.1, 0.15) is 37.0 Å². The number of nitrogens with one attached hydrogen (secondary N) is 1. The third-order valence-corrected chi connectivity index (χ3v) is 4.13. The first kappa shape index (κ1) is 17.5. The maximum Gasteiger partial charge on any atom is 0.257 e. The highest BCUT2D eigenvalue weighted by Gasteiger charge is 2.10. The predicted molar refractivity (Wildman–Crippen MR) is 99.1 cm³/mol. The zero-order valence-corrected chi connectivity index (χ0v) is 15.1. The highest BCUT2D eigenvalue weighted by atomic mass is 79.9. The molecule has 0 saturated carbocycles. The van der Waals surface area contributed by atoms with Crippen LogP contribution < -0.4 is 10.2 Å². The average Bonchev–Trinajstić information content (AvgIpc) is 2.57. The molecule has 1 aromatic heterocycles. The number of amides is 1. The highest BCUT2D eigenvalue weighted by Crippen LogP contribution is 2.22. The van der Waals surface area contributed by atoms with Crippen molar-refractivity contribution >= 4 is 33.3 Å². The first-order chi connectivity index (χ1) is 11.2. The molecule has 0 saturated heterocycles. The fourth-order valence-corrected chi connectivity index (χ4v) is 2.73. The van der Waals surface area contributed by atoms with E-state index in [0.29, 0.717) is 5.56 Å². The number of benzene rings is 1. The van der Waals surface area contributed by atoms with Crippen LogP contribution in [0.4, 0.5) is 11.5 Å². The summed E-state index contributed by atoms with van der Waals surface area (Å²) in [4.78, 5) is 19.0. The lowest BCUT2D eigenvalue weighted by Crippen LogP contribution is -2.26. The van der Waals surface area contributed by atoms with Crippen LogP contribution in [0.2, 0.25) is 0 Å². The van der Waals surface area contributed by atoms with Crippen LogP contribution >= 0.6 is 15.9 Å². The summed E-state index contributed by atoms with van der Waals surface area (Å²) >= 11 is 3.43. The van der Waals surface area contributed by atoms with Crippen LogP contribution in [0, 0.1) is 0 Å². The minimum atomic E-state index is -0.159. The van der Waals surface area contributed by atoms with Gasteiger partial charge in [-0.2, -0.15) is 0 Å². The Labute approximate surface area is 146 Å². The maximum absolute atomic E-state index is 12.3. The molecule has 0 aliphatic rings. The molecule has 1 amide bonds. The second-order valence-electron chi connectivity index (χ2n) is 5.33.